The standard InChI is InChI=1S/C19H14ClF2N3O4/c1-25(19(28)8-2-11(20)18(27)23-5-8)15-7-29-6-14-16(15)9-3-12(21)13(22)4-10(9)17(26)24-14/h2-5,15H,6-7H2,1H3,(H,23,27)(H,24,26)/t15-/m0/s1. The van der Waals surface area contributed by atoms with Crippen LogP contribution in [0.1, 0.15) is 27.7 Å². The van der Waals surface area contributed by atoms with Crippen LogP contribution >= 0.6 is 11.6 Å². The van der Waals surface area contributed by atoms with E-state index in [1.807, 2.05) is 0 Å². The van der Waals surface area contributed by atoms with Gasteiger partial charge in [-0.05, 0) is 23.6 Å². The molecule has 1 aliphatic heterocycles. The summed E-state index contributed by atoms with van der Waals surface area (Å²) in [6.45, 7) is 0.134. The molecule has 0 fully saturated rings. The number of ether oxygens (including phenoxy) is 1. The molecule has 0 saturated heterocycles. The number of fused-ring (bicyclic) bond motifs is 3. The van der Waals surface area contributed by atoms with E-state index in [0.717, 1.165) is 12.1 Å². The Morgan fingerprint density at radius 3 is 2.55 bits per heavy atom. The van der Waals surface area contributed by atoms with Gasteiger partial charge in [0, 0.05) is 24.5 Å². The van der Waals surface area contributed by atoms with E-state index in [0.29, 0.717) is 11.3 Å². The van der Waals surface area contributed by atoms with Crippen molar-refractivity contribution in [1.82, 2.24) is 14.9 Å². The largest absolute Gasteiger partial charge is 0.373 e. The summed E-state index contributed by atoms with van der Waals surface area (Å²) in [5.41, 5.74) is -0.128. The predicted molar refractivity (Wildman–Crippen MR) is 101 cm³/mol. The van der Waals surface area contributed by atoms with Crippen molar-refractivity contribution in [2.45, 2.75) is 12.6 Å². The Kier molecular flexibility index (Phi) is 4.71. The average molecular weight is 422 g/mol. The van der Waals surface area contributed by atoms with Crippen LogP contribution in [0.5, 0.6) is 0 Å². The van der Waals surface area contributed by atoms with Gasteiger partial charge in [-0.15, -0.1) is 0 Å². The first kappa shape index (κ1) is 19.3. The zero-order valence-corrected chi connectivity index (χ0v) is 15.8. The van der Waals surface area contributed by atoms with Crippen molar-refractivity contribution < 1.29 is 18.3 Å². The molecule has 3 aromatic rings. The van der Waals surface area contributed by atoms with E-state index in [9.17, 15) is 23.2 Å². The number of benzene rings is 1. The number of amides is 1. The van der Waals surface area contributed by atoms with E-state index >= 15 is 0 Å². The lowest BCUT2D eigenvalue weighted by Crippen LogP contribution is -2.37. The highest BCUT2D eigenvalue weighted by Gasteiger charge is 2.31. The number of hydrogen-bond donors (Lipinski definition) is 2. The highest BCUT2D eigenvalue weighted by molar-refractivity contribution is 6.30. The van der Waals surface area contributed by atoms with Crippen LogP contribution in [-0.2, 0) is 11.3 Å². The molecule has 29 heavy (non-hydrogen) atoms. The molecule has 2 N–H and O–H groups in total. The average Bonchev–Trinajstić information content (AvgIpc) is 2.70. The molecule has 0 saturated carbocycles. The van der Waals surface area contributed by atoms with Gasteiger partial charge in [0.15, 0.2) is 11.6 Å². The van der Waals surface area contributed by atoms with Crippen molar-refractivity contribution >= 4 is 28.3 Å². The van der Waals surface area contributed by atoms with E-state index in [1.165, 1.54) is 24.2 Å². The first-order chi connectivity index (χ1) is 13.8. The maximum Gasteiger partial charge on any atom is 0.266 e. The second-order valence-corrected chi connectivity index (χ2v) is 7.08. The number of H-pyrrole nitrogens is 2. The van der Waals surface area contributed by atoms with E-state index in [4.69, 9.17) is 16.3 Å². The van der Waals surface area contributed by atoms with Crippen LogP contribution in [0.25, 0.3) is 10.8 Å². The van der Waals surface area contributed by atoms with Gasteiger partial charge in [0.05, 0.1) is 30.2 Å². The monoisotopic (exact) mass is 421 g/mol. The van der Waals surface area contributed by atoms with Gasteiger partial charge in [-0.25, -0.2) is 8.78 Å². The summed E-state index contributed by atoms with van der Waals surface area (Å²) in [6.07, 6.45) is 1.23. The summed E-state index contributed by atoms with van der Waals surface area (Å²) in [7, 11) is 1.50. The van der Waals surface area contributed by atoms with Crippen LogP contribution in [0.2, 0.25) is 5.02 Å². The molecule has 2 aromatic heterocycles. The molecule has 0 unspecified atom stereocenters. The van der Waals surface area contributed by atoms with Crippen molar-refractivity contribution in [1.29, 1.82) is 0 Å². The normalized spacial score (nSPS) is 15.9. The maximum absolute atomic E-state index is 13.9. The lowest BCUT2D eigenvalue weighted by molar-refractivity contribution is 0.0335. The number of carbonyl (C=O) groups excluding carboxylic acids is 1. The Labute approximate surface area is 166 Å². The third-order valence-electron chi connectivity index (χ3n) is 4.93. The number of halogens is 3. The van der Waals surface area contributed by atoms with Crippen molar-refractivity contribution in [3.8, 4) is 0 Å². The fourth-order valence-corrected chi connectivity index (χ4v) is 3.64. The van der Waals surface area contributed by atoms with Crippen molar-refractivity contribution in [2.24, 2.45) is 0 Å². The van der Waals surface area contributed by atoms with Gasteiger partial charge in [-0.3, -0.25) is 14.4 Å². The molecule has 4 rings (SSSR count). The summed E-state index contributed by atoms with van der Waals surface area (Å²) in [5.74, 6) is -2.72. The van der Waals surface area contributed by atoms with Crippen molar-refractivity contribution in [3.63, 3.8) is 0 Å². The number of aromatic nitrogens is 2. The quantitative estimate of drug-likeness (QED) is 0.664. The second kappa shape index (κ2) is 7.09. The van der Waals surface area contributed by atoms with Gasteiger partial charge in [0.1, 0.15) is 5.02 Å². The van der Waals surface area contributed by atoms with Crippen molar-refractivity contribution in [3.05, 3.63) is 78.6 Å². The molecular formula is C19H14ClF2N3O4. The van der Waals surface area contributed by atoms with Crippen LogP contribution in [-0.4, -0.2) is 34.4 Å². The number of aromatic amines is 2. The van der Waals surface area contributed by atoms with Gasteiger partial charge in [0.2, 0.25) is 0 Å². The van der Waals surface area contributed by atoms with Gasteiger partial charge in [0.25, 0.3) is 17.0 Å². The third kappa shape index (κ3) is 3.22. The van der Waals surface area contributed by atoms with Gasteiger partial charge < -0.3 is 19.6 Å². The number of pyridine rings is 2. The van der Waals surface area contributed by atoms with Crippen LogP contribution in [0.4, 0.5) is 8.78 Å². The molecule has 150 valence electrons. The van der Waals surface area contributed by atoms with Gasteiger partial charge in [-0.2, -0.15) is 0 Å². The Bertz CT molecular complexity index is 1270. The van der Waals surface area contributed by atoms with Crippen LogP contribution < -0.4 is 11.1 Å². The second-order valence-electron chi connectivity index (χ2n) is 6.67. The molecule has 0 aliphatic carbocycles. The SMILES string of the molecule is CN(C(=O)c1c[nH]c(=O)c(Cl)c1)[C@H]1COCc2[nH]c(=O)c3cc(F)c(F)cc3c21. The van der Waals surface area contributed by atoms with E-state index < -0.39 is 34.7 Å². The zero-order chi connectivity index (χ0) is 20.9. The Morgan fingerprint density at radius 2 is 1.86 bits per heavy atom. The summed E-state index contributed by atoms with van der Waals surface area (Å²) in [6, 6.07) is 2.33. The summed E-state index contributed by atoms with van der Waals surface area (Å²) in [5, 5.41) is 0.0365. The predicted octanol–water partition coefficient (Wildman–Crippen LogP) is 2.49. The lowest BCUT2D eigenvalue weighted by atomic mass is 9.95. The molecule has 10 heteroatoms. The molecule has 1 aromatic carbocycles. The Hall–Kier alpha value is -3.04. The molecule has 0 radical (unpaired) electrons. The molecule has 0 bridgehead atoms. The number of hydrogen-bond acceptors (Lipinski definition) is 4. The van der Waals surface area contributed by atoms with E-state index in [1.54, 1.807) is 0 Å². The summed E-state index contributed by atoms with van der Waals surface area (Å²) >= 11 is 5.80. The van der Waals surface area contributed by atoms with Crippen LogP contribution in [0.3, 0.4) is 0 Å². The maximum atomic E-state index is 13.9. The number of nitrogens with one attached hydrogen (secondary N) is 2. The fourth-order valence-electron chi connectivity index (χ4n) is 3.47. The van der Waals surface area contributed by atoms with Gasteiger partial charge in [-0.1, -0.05) is 11.6 Å². The van der Waals surface area contributed by atoms with Gasteiger partial charge >= 0.3 is 0 Å². The zero-order valence-electron chi connectivity index (χ0n) is 15.0. The number of carbonyl (C=O) groups is 1. The summed E-state index contributed by atoms with van der Waals surface area (Å²) in [4.78, 5) is 43.0. The third-order valence-corrected chi connectivity index (χ3v) is 5.21. The molecule has 3 heterocycles. The molecule has 1 amide bonds. The Balaban J connectivity index is 1.85. The molecule has 7 nitrogen and oxygen atoms in total. The molecule has 1 atom stereocenters. The molecule has 0 spiro atoms. The first-order valence-corrected chi connectivity index (χ1v) is 8.92. The van der Waals surface area contributed by atoms with Crippen molar-refractivity contribution in [2.75, 3.05) is 13.7 Å². The minimum absolute atomic E-state index is 0.0255. The number of nitrogens with zero attached hydrogens (tertiary/aromatic N) is 1. The minimum atomic E-state index is -1.14. The highest BCUT2D eigenvalue weighted by atomic mass is 35.5. The Morgan fingerprint density at radius 1 is 1.17 bits per heavy atom. The smallest absolute Gasteiger partial charge is 0.266 e. The minimum Gasteiger partial charge on any atom is -0.373 e. The summed E-state index contributed by atoms with van der Waals surface area (Å²) < 4.78 is 33.1. The topological polar surface area (TPSA) is 95.3 Å². The molecular weight excluding hydrogens is 408 g/mol. The number of rotatable bonds is 2. The first-order valence-electron chi connectivity index (χ1n) is 8.55. The number of likely N-dealkylation sites (N-methyl/N-ethyl adjacent to an activating group) is 1. The van der Waals surface area contributed by atoms with E-state index in [2.05, 4.69) is 9.97 Å². The molecule has 1 aliphatic rings. The van der Waals surface area contributed by atoms with Crippen LogP contribution in [0.15, 0.2) is 34.0 Å². The lowest BCUT2D eigenvalue weighted by Gasteiger charge is -2.33. The van der Waals surface area contributed by atoms with Crippen LogP contribution in [0, 0.1) is 11.6 Å². The fraction of sp³-hybridized carbons (Fsp3) is 0.211. The van der Waals surface area contributed by atoms with E-state index in [-0.39, 0.29) is 34.6 Å². The highest BCUT2D eigenvalue weighted by Crippen LogP contribution is 2.34.